The number of aromatic hydroxyl groups is 1. The van der Waals surface area contributed by atoms with E-state index in [0.717, 1.165) is 22.2 Å². The lowest BCUT2D eigenvalue weighted by Crippen LogP contribution is -1.83. The summed E-state index contributed by atoms with van der Waals surface area (Å²) < 4.78 is 6.19. The lowest BCUT2D eigenvalue weighted by molar-refractivity contribution is 0.417. The smallest absolute Gasteiger partial charge is 0.261 e. The van der Waals surface area contributed by atoms with E-state index in [1.54, 1.807) is 6.07 Å². The first-order valence-corrected chi connectivity index (χ1v) is 6.14. The van der Waals surface area contributed by atoms with Crippen molar-refractivity contribution in [3.8, 4) is 17.2 Å². The normalized spacial score (nSPS) is 15.3. The summed E-state index contributed by atoms with van der Waals surface area (Å²) in [4.78, 5) is 4.30. The number of nitrogens with zero attached hydrogens (tertiary/aromatic N) is 2. The second-order valence-electron chi connectivity index (χ2n) is 3.89. The van der Waals surface area contributed by atoms with Gasteiger partial charge in [-0.3, -0.25) is 0 Å². The molecule has 0 bridgehead atoms. The van der Waals surface area contributed by atoms with Gasteiger partial charge in [-0.15, -0.1) is 0 Å². The molecular formula is C11H9IN2O2. The predicted octanol–water partition coefficient (Wildman–Crippen LogP) is 2.92. The zero-order chi connectivity index (χ0) is 11.1. The van der Waals surface area contributed by atoms with Crippen molar-refractivity contribution in [3.63, 3.8) is 0 Å². The van der Waals surface area contributed by atoms with Gasteiger partial charge in [0.05, 0.1) is 5.56 Å². The average Bonchev–Trinajstić information content (AvgIpc) is 3.01. The van der Waals surface area contributed by atoms with Gasteiger partial charge in [0.1, 0.15) is 5.75 Å². The van der Waals surface area contributed by atoms with Crippen LogP contribution in [0.3, 0.4) is 0 Å². The second-order valence-corrected chi connectivity index (χ2v) is 5.14. The Morgan fingerprint density at radius 1 is 1.38 bits per heavy atom. The highest BCUT2D eigenvalue weighted by molar-refractivity contribution is 14.1. The van der Waals surface area contributed by atoms with Crippen LogP contribution in [-0.4, -0.2) is 15.2 Å². The molecule has 1 aromatic heterocycles. The molecule has 3 rings (SSSR count). The average molecular weight is 328 g/mol. The van der Waals surface area contributed by atoms with Crippen molar-refractivity contribution in [2.24, 2.45) is 0 Å². The van der Waals surface area contributed by atoms with Gasteiger partial charge in [0.15, 0.2) is 5.82 Å². The van der Waals surface area contributed by atoms with Crippen molar-refractivity contribution in [1.82, 2.24) is 10.1 Å². The van der Waals surface area contributed by atoms with E-state index in [1.165, 1.54) is 0 Å². The molecule has 1 saturated carbocycles. The molecule has 1 aliphatic carbocycles. The molecule has 4 nitrogen and oxygen atoms in total. The van der Waals surface area contributed by atoms with E-state index >= 15 is 0 Å². The SMILES string of the molecule is Oc1ccc(I)cc1-c1nc(C2CC2)no1. The van der Waals surface area contributed by atoms with Crippen LogP contribution in [-0.2, 0) is 0 Å². The third-order valence-electron chi connectivity index (χ3n) is 2.57. The molecule has 2 aromatic rings. The Morgan fingerprint density at radius 2 is 2.19 bits per heavy atom. The molecule has 1 aliphatic rings. The summed E-state index contributed by atoms with van der Waals surface area (Å²) in [5.74, 6) is 1.79. The molecule has 0 unspecified atom stereocenters. The molecule has 82 valence electrons. The topological polar surface area (TPSA) is 59.2 Å². The van der Waals surface area contributed by atoms with Crippen molar-refractivity contribution in [3.05, 3.63) is 27.6 Å². The van der Waals surface area contributed by atoms with Gasteiger partial charge < -0.3 is 9.63 Å². The van der Waals surface area contributed by atoms with Crippen molar-refractivity contribution in [2.45, 2.75) is 18.8 Å². The summed E-state index contributed by atoms with van der Waals surface area (Å²) in [6, 6.07) is 5.30. The molecule has 0 atom stereocenters. The Bertz CT molecular complexity index is 535. The Kier molecular flexibility index (Phi) is 2.34. The monoisotopic (exact) mass is 328 g/mol. The maximum Gasteiger partial charge on any atom is 0.261 e. The van der Waals surface area contributed by atoms with E-state index in [-0.39, 0.29) is 5.75 Å². The zero-order valence-corrected chi connectivity index (χ0v) is 10.5. The van der Waals surface area contributed by atoms with Crippen LogP contribution >= 0.6 is 22.6 Å². The molecular weight excluding hydrogens is 319 g/mol. The maximum absolute atomic E-state index is 9.72. The molecule has 1 heterocycles. The van der Waals surface area contributed by atoms with E-state index in [0.29, 0.717) is 17.4 Å². The minimum absolute atomic E-state index is 0.173. The van der Waals surface area contributed by atoms with Gasteiger partial charge in [0, 0.05) is 9.49 Å². The van der Waals surface area contributed by atoms with Gasteiger partial charge in [-0.2, -0.15) is 4.98 Å². The lowest BCUT2D eigenvalue weighted by Gasteiger charge is -1.99. The van der Waals surface area contributed by atoms with Crippen LogP contribution < -0.4 is 0 Å². The van der Waals surface area contributed by atoms with E-state index in [2.05, 4.69) is 32.7 Å². The van der Waals surface area contributed by atoms with Crippen molar-refractivity contribution in [2.75, 3.05) is 0 Å². The van der Waals surface area contributed by atoms with E-state index in [4.69, 9.17) is 4.52 Å². The van der Waals surface area contributed by atoms with Gasteiger partial charge in [0.2, 0.25) is 0 Å². The quantitative estimate of drug-likeness (QED) is 0.861. The van der Waals surface area contributed by atoms with Crippen LogP contribution in [0.1, 0.15) is 24.6 Å². The Labute approximate surface area is 106 Å². The van der Waals surface area contributed by atoms with E-state index in [9.17, 15) is 5.11 Å². The fraction of sp³-hybridized carbons (Fsp3) is 0.273. The first-order chi connectivity index (χ1) is 7.74. The van der Waals surface area contributed by atoms with Gasteiger partial charge in [-0.1, -0.05) is 5.16 Å². The summed E-state index contributed by atoms with van der Waals surface area (Å²) >= 11 is 2.18. The highest BCUT2D eigenvalue weighted by atomic mass is 127. The molecule has 0 radical (unpaired) electrons. The molecule has 0 spiro atoms. The lowest BCUT2D eigenvalue weighted by atomic mass is 10.2. The minimum Gasteiger partial charge on any atom is -0.507 e. The Balaban J connectivity index is 2.03. The first kappa shape index (κ1) is 10.1. The molecule has 0 saturated heterocycles. The molecule has 5 heteroatoms. The molecule has 16 heavy (non-hydrogen) atoms. The van der Waals surface area contributed by atoms with Crippen LogP contribution in [0.15, 0.2) is 22.7 Å². The number of hydrogen-bond donors (Lipinski definition) is 1. The highest BCUT2D eigenvalue weighted by Gasteiger charge is 2.29. The van der Waals surface area contributed by atoms with Crippen molar-refractivity contribution in [1.29, 1.82) is 0 Å². The summed E-state index contributed by atoms with van der Waals surface area (Å²) in [5.41, 5.74) is 0.603. The fourth-order valence-corrected chi connectivity index (χ4v) is 2.02. The number of aromatic nitrogens is 2. The molecule has 1 aromatic carbocycles. The van der Waals surface area contributed by atoms with Crippen LogP contribution in [0.5, 0.6) is 5.75 Å². The van der Waals surface area contributed by atoms with Crippen LogP contribution in [0.25, 0.3) is 11.5 Å². The number of benzene rings is 1. The molecule has 0 amide bonds. The zero-order valence-electron chi connectivity index (χ0n) is 8.35. The number of hydrogen-bond acceptors (Lipinski definition) is 4. The molecule has 0 aliphatic heterocycles. The van der Waals surface area contributed by atoms with Crippen molar-refractivity contribution >= 4 is 22.6 Å². The third kappa shape index (κ3) is 1.79. The standard InChI is InChI=1S/C11H9IN2O2/c12-7-3-4-9(15)8(5-7)11-13-10(14-16-11)6-1-2-6/h3-6,15H,1-2H2. The maximum atomic E-state index is 9.72. The number of rotatable bonds is 2. The number of phenolic OH excluding ortho intramolecular Hbond substituents is 1. The second kappa shape index (κ2) is 3.73. The summed E-state index contributed by atoms with van der Waals surface area (Å²) in [5, 5.41) is 13.6. The predicted molar refractivity (Wildman–Crippen MR) is 66.1 cm³/mol. The molecule has 1 fully saturated rings. The summed E-state index contributed by atoms with van der Waals surface area (Å²) in [6.07, 6.45) is 2.27. The third-order valence-corrected chi connectivity index (χ3v) is 3.24. The van der Waals surface area contributed by atoms with Gasteiger partial charge in [-0.05, 0) is 53.6 Å². The summed E-state index contributed by atoms with van der Waals surface area (Å²) in [6.45, 7) is 0. The van der Waals surface area contributed by atoms with Crippen LogP contribution in [0, 0.1) is 3.57 Å². The van der Waals surface area contributed by atoms with E-state index in [1.807, 2.05) is 12.1 Å². The first-order valence-electron chi connectivity index (χ1n) is 5.06. The fourth-order valence-electron chi connectivity index (χ4n) is 1.53. The van der Waals surface area contributed by atoms with Crippen LogP contribution in [0.2, 0.25) is 0 Å². The Morgan fingerprint density at radius 3 is 2.94 bits per heavy atom. The van der Waals surface area contributed by atoms with Gasteiger partial charge >= 0.3 is 0 Å². The largest absolute Gasteiger partial charge is 0.507 e. The molecule has 1 N–H and O–H groups in total. The minimum atomic E-state index is 0.173. The van der Waals surface area contributed by atoms with Gasteiger partial charge in [0.25, 0.3) is 5.89 Å². The van der Waals surface area contributed by atoms with Crippen molar-refractivity contribution < 1.29 is 9.63 Å². The Hall–Kier alpha value is -1.11. The highest BCUT2D eigenvalue weighted by Crippen LogP contribution is 2.39. The number of phenols is 1. The van der Waals surface area contributed by atoms with Gasteiger partial charge in [-0.25, -0.2) is 0 Å². The van der Waals surface area contributed by atoms with E-state index < -0.39 is 0 Å². The summed E-state index contributed by atoms with van der Waals surface area (Å²) in [7, 11) is 0. The van der Waals surface area contributed by atoms with Crippen LogP contribution in [0.4, 0.5) is 0 Å². The number of halogens is 1.